The van der Waals surface area contributed by atoms with Gasteiger partial charge in [-0.25, -0.2) is 0 Å². The van der Waals surface area contributed by atoms with Gasteiger partial charge in [0.05, 0.1) is 16.1 Å². The van der Waals surface area contributed by atoms with Crippen LogP contribution in [0.3, 0.4) is 0 Å². The second-order valence-corrected chi connectivity index (χ2v) is 15.1. The van der Waals surface area contributed by atoms with Crippen LogP contribution in [-0.4, -0.2) is 0 Å². The highest BCUT2D eigenvalue weighted by Gasteiger charge is 2.22. The van der Waals surface area contributed by atoms with Gasteiger partial charge < -0.3 is 4.90 Å². The van der Waals surface area contributed by atoms with Crippen molar-refractivity contribution in [2.75, 3.05) is 4.90 Å². The number of para-hydroxylation sites is 1. The van der Waals surface area contributed by atoms with Crippen LogP contribution < -0.4 is 4.90 Å². The molecule has 0 N–H and O–H groups in total. The number of rotatable bonds is 5. The lowest BCUT2D eigenvalue weighted by Gasteiger charge is -2.29. The number of nitrogens with zero attached hydrogens (tertiary/aromatic N) is 1. The molecular formula is C52H33NS. The van der Waals surface area contributed by atoms with Crippen LogP contribution in [0.5, 0.6) is 0 Å². The fraction of sp³-hybridized carbons (Fsp3) is 0. The van der Waals surface area contributed by atoms with Crippen LogP contribution in [0, 0.1) is 0 Å². The van der Waals surface area contributed by atoms with E-state index >= 15 is 0 Å². The van der Waals surface area contributed by atoms with Gasteiger partial charge >= 0.3 is 0 Å². The first-order valence-electron chi connectivity index (χ1n) is 18.5. The Bertz CT molecular complexity index is 3200. The maximum absolute atomic E-state index is 2.50. The second-order valence-electron chi connectivity index (χ2n) is 14.0. The number of anilines is 3. The standard InChI is InChI=1S/C52H33NS/c1-2-18-38-34(14-1)15-12-25-39(38)35-16-11-17-36(32-35)40-19-7-9-27-49(40)53(50-28-13-26-47-46-24-8-10-29-51(46)54-52(47)50)37-30-31-45-43-22-4-3-20-41(43)42-21-5-6-23-44(42)48(45)33-37/h1-33H. The zero-order chi connectivity index (χ0) is 35.6. The van der Waals surface area contributed by atoms with Crippen LogP contribution in [0.2, 0.25) is 0 Å². The first-order chi connectivity index (χ1) is 26.8. The molecule has 11 rings (SSSR count). The van der Waals surface area contributed by atoms with Crippen molar-refractivity contribution < 1.29 is 0 Å². The predicted molar refractivity (Wildman–Crippen MR) is 235 cm³/mol. The molecule has 0 aliphatic heterocycles. The number of hydrogen-bond donors (Lipinski definition) is 0. The van der Waals surface area contributed by atoms with E-state index in [2.05, 4.69) is 205 Å². The Hall–Kier alpha value is -6.74. The summed E-state index contributed by atoms with van der Waals surface area (Å²) in [5, 5.41) is 12.7. The molecule has 1 heterocycles. The summed E-state index contributed by atoms with van der Waals surface area (Å²) in [6, 6.07) is 73.6. The molecule has 0 amide bonds. The van der Waals surface area contributed by atoms with Crippen molar-refractivity contribution in [2.24, 2.45) is 0 Å². The lowest BCUT2D eigenvalue weighted by molar-refractivity contribution is 1.31. The number of thiophene rings is 1. The molecule has 11 aromatic rings. The Kier molecular flexibility index (Phi) is 7.11. The second kappa shape index (κ2) is 12.4. The van der Waals surface area contributed by atoms with Crippen molar-refractivity contribution >= 4 is 91.7 Å². The van der Waals surface area contributed by atoms with Crippen molar-refractivity contribution in [3.8, 4) is 22.3 Å². The lowest BCUT2D eigenvalue weighted by atomic mass is 9.93. The van der Waals surface area contributed by atoms with Crippen molar-refractivity contribution in [3.63, 3.8) is 0 Å². The molecule has 0 spiro atoms. The third-order valence-electron chi connectivity index (χ3n) is 11.0. The first kappa shape index (κ1) is 30.8. The summed E-state index contributed by atoms with van der Waals surface area (Å²) in [4.78, 5) is 2.50. The number of fused-ring (bicyclic) bond motifs is 10. The van der Waals surface area contributed by atoms with E-state index in [0.717, 1.165) is 11.4 Å². The average molecular weight is 704 g/mol. The van der Waals surface area contributed by atoms with Crippen LogP contribution in [0.15, 0.2) is 200 Å². The van der Waals surface area contributed by atoms with Crippen LogP contribution in [0.4, 0.5) is 17.1 Å². The van der Waals surface area contributed by atoms with Gasteiger partial charge in [0, 0.05) is 26.7 Å². The highest BCUT2D eigenvalue weighted by molar-refractivity contribution is 7.26. The van der Waals surface area contributed by atoms with Gasteiger partial charge in [0.1, 0.15) is 0 Å². The monoisotopic (exact) mass is 703 g/mol. The molecule has 252 valence electrons. The van der Waals surface area contributed by atoms with E-state index in [0.29, 0.717) is 0 Å². The van der Waals surface area contributed by atoms with Gasteiger partial charge in [-0.3, -0.25) is 0 Å². The normalized spacial score (nSPS) is 11.7. The van der Waals surface area contributed by atoms with Gasteiger partial charge in [0.25, 0.3) is 0 Å². The first-order valence-corrected chi connectivity index (χ1v) is 19.3. The molecule has 0 saturated carbocycles. The molecule has 0 saturated heterocycles. The van der Waals surface area contributed by atoms with Crippen LogP contribution in [-0.2, 0) is 0 Å². The maximum Gasteiger partial charge on any atom is 0.0640 e. The molecule has 0 aliphatic rings. The summed E-state index contributed by atoms with van der Waals surface area (Å²) in [5.74, 6) is 0. The van der Waals surface area contributed by atoms with Crippen molar-refractivity contribution in [1.29, 1.82) is 0 Å². The molecule has 2 heteroatoms. The van der Waals surface area contributed by atoms with E-state index in [4.69, 9.17) is 0 Å². The van der Waals surface area contributed by atoms with E-state index < -0.39 is 0 Å². The lowest BCUT2D eigenvalue weighted by Crippen LogP contribution is -2.11. The SMILES string of the molecule is c1cc(-c2ccccc2N(c2ccc3c4ccccc4c4ccccc4c3c2)c2cccc3c2sc2ccccc23)cc(-c2cccc3ccccc23)c1. The summed E-state index contributed by atoms with van der Waals surface area (Å²) in [7, 11) is 0. The van der Waals surface area contributed by atoms with Gasteiger partial charge in [0.2, 0.25) is 0 Å². The molecule has 54 heavy (non-hydrogen) atoms. The van der Waals surface area contributed by atoms with E-state index in [-0.39, 0.29) is 0 Å². The Morgan fingerprint density at radius 3 is 1.63 bits per heavy atom. The van der Waals surface area contributed by atoms with Gasteiger partial charge in [-0.05, 0) is 96.2 Å². The topological polar surface area (TPSA) is 3.24 Å². The van der Waals surface area contributed by atoms with Crippen LogP contribution in [0.25, 0.3) is 85.5 Å². The van der Waals surface area contributed by atoms with E-state index in [1.807, 2.05) is 11.3 Å². The van der Waals surface area contributed by atoms with Crippen molar-refractivity contribution in [2.45, 2.75) is 0 Å². The minimum absolute atomic E-state index is 1.13. The van der Waals surface area contributed by atoms with Gasteiger partial charge in [-0.1, -0.05) is 164 Å². The van der Waals surface area contributed by atoms with Gasteiger partial charge in [-0.2, -0.15) is 0 Å². The average Bonchev–Trinajstić information content (AvgIpc) is 3.63. The van der Waals surface area contributed by atoms with Gasteiger partial charge in [-0.15, -0.1) is 11.3 Å². The van der Waals surface area contributed by atoms with Crippen molar-refractivity contribution in [3.05, 3.63) is 200 Å². The molecule has 0 unspecified atom stereocenters. The van der Waals surface area contributed by atoms with Crippen LogP contribution >= 0.6 is 11.3 Å². The zero-order valence-electron chi connectivity index (χ0n) is 29.4. The maximum atomic E-state index is 2.50. The molecule has 10 aromatic carbocycles. The zero-order valence-corrected chi connectivity index (χ0v) is 30.2. The molecule has 0 bridgehead atoms. The molecule has 0 aliphatic carbocycles. The Balaban J connectivity index is 1.18. The van der Waals surface area contributed by atoms with Crippen LogP contribution in [0.1, 0.15) is 0 Å². The Labute approximate surface area is 317 Å². The Morgan fingerprint density at radius 2 is 0.833 bits per heavy atom. The van der Waals surface area contributed by atoms with E-state index in [9.17, 15) is 0 Å². The smallest absolute Gasteiger partial charge is 0.0640 e. The molecule has 1 nitrogen and oxygen atoms in total. The fourth-order valence-corrected chi connectivity index (χ4v) is 9.80. The van der Waals surface area contributed by atoms with E-state index in [1.54, 1.807) is 0 Å². The summed E-state index contributed by atoms with van der Waals surface area (Å²) >= 11 is 1.87. The molecule has 0 atom stereocenters. The quantitative estimate of drug-likeness (QED) is 0.161. The van der Waals surface area contributed by atoms with E-state index in [1.165, 1.54) is 91.2 Å². The minimum atomic E-state index is 1.13. The third kappa shape index (κ3) is 4.85. The molecule has 1 aromatic heterocycles. The summed E-state index contributed by atoms with van der Waals surface area (Å²) < 4.78 is 2.58. The predicted octanol–water partition coefficient (Wildman–Crippen LogP) is 15.5. The number of benzene rings is 10. The number of hydrogen-bond acceptors (Lipinski definition) is 2. The Morgan fingerprint density at radius 1 is 0.315 bits per heavy atom. The highest BCUT2D eigenvalue weighted by Crippen LogP contribution is 2.48. The minimum Gasteiger partial charge on any atom is -0.308 e. The molecular weight excluding hydrogens is 671 g/mol. The fourth-order valence-electron chi connectivity index (χ4n) is 8.60. The third-order valence-corrected chi connectivity index (χ3v) is 12.2. The molecule has 0 fully saturated rings. The summed E-state index contributed by atoms with van der Waals surface area (Å²) in [5.41, 5.74) is 8.26. The van der Waals surface area contributed by atoms with Gasteiger partial charge in [0.15, 0.2) is 0 Å². The molecule has 0 radical (unpaired) electrons. The summed E-state index contributed by atoms with van der Waals surface area (Å²) in [6.07, 6.45) is 0. The highest BCUT2D eigenvalue weighted by atomic mass is 32.1. The largest absolute Gasteiger partial charge is 0.308 e. The summed E-state index contributed by atoms with van der Waals surface area (Å²) in [6.45, 7) is 0. The van der Waals surface area contributed by atoms with Crippen molar-refractivity contribution in [1.82, 2.24) is 0 Å².